The summed E-state index contributed by atoms with van der Waals surface area (Å²) in [5, 5.41) is 4.10. The van der Waals surface area contributed by atoms with Crippen molar-refractivity contribution in [3.63, 3.8) is 0 Å². The fourth-order valence-corrected chi connectivity index (χ4v) is 3.07. The van der Waals surface area contributed by atoms with Gasteiger partial charge in [-0.05, 0) is 61.7 Å². The van der Waals surface area contributed by atoms with Crippen molar-refractivity contribution in [1.82, 2.24) is 10.3 Å². The van der Waals surface area contributed by atoms with Crippen molar-refractivity contribution in [3.05, 3.63) is 63.9 Å². The average molecular weight is 303 g/mol. The Morgan fingerprint density at radius 2 is 2.10 bits per heavy atom. The van der Waals surface area contributed by atoms with E-state index in [0.29, 0.717) is 5.92 Å². The summed E-state index contributed by atoms with van der Waals surface area (Å²) in [4.78, 5) is 4.59. The zero-order chi connectivity index (χ0) is 15.2. The summed E-state index contributed by atoms with van der Waals surface area (Å²) < 4.78 is 0. The van der Waals surface area contributed by atoms with E-state index in [1.54, 1.807) is 0 Å². The van der Waals surface area contributed by atoms with Gasteiger partial charge in [0, 0.05) is 29.4 Å². The molecule has 1 atom stereocenters. The van der Waals surface area contributed by atoms with Gasteiger partial charge in [0.25, 0.3) is 0 Å². The number of likely N-dealkylation sites (N-methyl/N-ethyl adjacent to an activating group) is 1. The molecule has 0 unspecified atom stereocenters. The second kappa shape index (κ2) is 7.58. The molecule has 1 aromatic carbocycles. The van der Waals surface area contributed by atoms with Gasteiger partial charge in [-0.2, -0.15) is 0 Å². The maximum absolute atomic E-state index is 6.08. The van der Waals surface area contributed by atoms with Crippen molar-refractivity contribution in [1.29, 1.82) is 0 Å². The number of benzene rings is 1. The Hall–Kier alpha value is -1.38. The van der Waals surface area contributed by atoms with Crippen LogP contribution >= 0.6 is 11.6 Å². The largest absolute Gasteiger partial charge is 0.319 e. The van der Waals surface area contributed by atoms with E-state index in [1.807, 2.05) is 31.4 Å². The molecule has 3 heteroatoms. The van der Waals surface area contributed by atoms with Crippen LogP contribution in [0, 0.1) is 6.92 Å². The summed E-state index contributed by atoms with van der Waals surface area (Å²) in [6.07, 6.45) is 3.86. The second-order valence-corrected chi connectivity index (χ2v) is 5.86. The third-order valence-corrected chi connectivity index (χ3v) is 4.16. The first-order chi connectivity index (χ1) is 10.2. The smallest absolute Gasteiger partial charge is 0.0442 e. The van der Waals surface area contributed by atoms with Gasteiger partial charge in [-0.3, -0.25) is 4.98 Å². The minimum absolute atomic E-state index is 0.410. The van der Waals surface area contributed by atoms with E-state index in [4.69, 9.17) is 11.6 Å². The van der Waals surface area contributed by atoms with Crippen LogP contribution < -0.4 is 5.32 Å². The van der Waals surface area contributed by atoms with Crippen molar-refractivity contribution < 1.29 is 0 Å². The first-order valence-electron chi connectivity index (χ1n) is 7.49. The third-order valence-electron chi connectivity index (χ3n) is 3.93. The van der Waals surface area contributed by atoms with Crippen LogP contribution in [0.3, 0.4) is 0 Å². The van der Waals surface area contributed by atoms with Crippen LogP contribution in [0.4, 0.5) is 0 Å². The Morgan fingerprint density at radius 1 is 1.29 bits per heavy atom. The summed E-state index contributed by atoms with van der Waals surface area (Å²) in [6.45, 7) is 5.24. The molecule has 0 spiro atoms. The lowest BCUT2D eigenvalue weighted by Gasteiger charge is -2.20. The minimum atomic E-state index is 0.410. The normalized spacial score (nSPS) is 12.4. The summed E-state index contributed by atoms with van der Waals surface area (Å²) in [5.74, 6) is 0.410. The first-order valence-corrected chi connectivity index (χ1v) is 7.87. The van der Waals surface area contributed by atoms with Gasteiger partial charge >= 0.3 is 0 Å². The molecule has 1 aromatic heterocycles. The third kappa shape index (κ3) is 4.05. The van der Waals surface area contributed by atoms with Crippen LogP contribution in [0.1, 0.15) is 35.2 Å². The predicted molar refractivity (Wildman–Crippen MR) is 90.2 cm³/mol. The van der Waals surface area contributed by atoms with Crippen LogP contribution in [0.15, 0.2) is 36.5 Å². The van der Waals surface area contributed by atoms with Crippen LogP contribution in [-0.2, 0) is 12.8 Å². The zero-order valence-corrected chi connectivity index (χ0v) is 13.7. The maximum atomic E-state index is 6.08. The number of pyridine rings is 1. The summed E-state index contributed by atoms with van der Waals surface area (Å²) >= 11 is 6.08. The Bertz CT molecular complexity index is 596. The molecule has 2 nitrogen and oxygen atoms in total. The van der Waals surface area contributed by atoms with E-state index in [1.165, 1.54) is 22.4 Å². The van der Waals surface area contributed by atoms with Gasteiger partial charge in [0.15, 0.2) is 0 Å². The van der Waals surface area contributed by atoms with E-state index < -0.39 is 0 Å². The molecule has 1 N–H and O–H groups in total. The molecule has 0 aliphatic carbocycles. The van der Waals surface area contributed by atoms with Crippen molar-refractivity contribution >= 4 is 11.6 Å². The molecule has 0 aliphatic rings. The second-order valence-electron chi connectivity index (χ2n) is 5.42. The van der Waals surface area contributed by atoms with Crippen LogP contribution in [0.5, 0.6) is 0 Å². The van der Waals surface area contributed by atoms with Crippen molar-refractivity contribution in [2.24, 2.45) is 0 Å². The number of nitrogens with zero attached hydrogens (tertiary/aromatic N) is 1. The molecule has 0 saturated carbocycles. The van der Waals surface area contributed by atoms with Crippen LogP contribution in [-0.4, -0.2) is 18.6 Å². The summed E-state index contributed by atoms with van der Waals surface area (Å²) in [5.41, 5.74) is 5.14. The van der Waals surface area contributed by atoms with Gasteiger partial charge in [-0.1, -0.05) is 30.7 Å². The Labute approximate surface area is 132 Å². The molecule has 0 amide bonds. The lowest BCUT2D eigenvalue weighted by molar-refractivity contribution is 0.612. The maximum Gasteiger partial charge on any atom is 0.0442 e. The number of aryl methyl sites for hydroxylation is 2. The van der Waals surface area contributed by atoms with Gasteiger partial charge in [0.1, 0.15) is 0 Å². The molecular formula is C18H23ClN2. The Morgan fingerprint density at radius 3 is 2.76 bits per heavy atom. The number of nitrogens with one attached hydrogen (secondary N) is 1. The summed E-state index contributed by atoms with van der Waals surface area (Å²) in [7, 11) is 2.00. The molecular weight excluding hydrogens is 280 g/mol. The Balaban J connectivity index is 2.30. The Kier molecular flexibility index (Phi) is 5.77. The first kappa shape index (κ1) is 16.0. The quantitative estimate of drug-likeness (QED) is 0.867. The highest BCUT2D eigenvalue weighted by atomic mass is 35.5. The van der Waals surface area contributed by atoms with E-state index >= 15 is 0 Å². The average Bonchev–Trinajstić information content (AvgIpc) is 2.47. The fourth-order valence-electron chi connectivity index (χ4n) is 2.85. The van der Waals surface area contributed by atoms with Crippen LogP contribution in [0.2, 0.25) is 5.02 Å². The van der Waals surface area contributed by atoms with Gasteiger partial charge in [-0.15, -0.1) is 0 Å². The number of halogens is 1. The highest BCUT2D eigenvalue weighted by Crippen LogP contribution is 2.26. The molecule has 0 bridgehead atoms. The molecule has 2 rings (SSSR count). The van der Waals surface area contributed by atoms with E-state index in [9.17, 15) is 0 Å². The lowest BCUT2D eigenvalue weighted by atomic mass is 9.89. The van der Waals surface area contributed by atoms with Crippen molar-refractivity contribution in [2.45, 2.75) is 32.6 Å². The molecule has 112 valence electrons. The SMILES string of the molecule is CCc1cccnc1C[C@@H](CNC)c1ccc(Cl)cc1C. The molecule has 0 aliphatic heterocycles. The number of rotatable bonds is 6. The van der Waals surface area contributed by atoms with Gasteiger partial charge < -0.3 is 5.32 Å². The predicted octanol–water partition coefficient (Wildman–Crippen LogP) is 4.15. The standard InChI is InChI=1S/C18H23ClN2/c1-4-14-6-5-9-21-18(14)11-15(12-20-3)17-8-7-16(19)10-13(17)2/h5-10,15,20H,4,11-12H2,1-3H3/t15-/m0/s1. The van der Waals surface area contributed by atoms with E-state index in [0.717, 1.165) is 24.4 Å². The number of hydrogen-bond acceptors (Lipinski definition) is 2. The molecule has 0 saturated heterocycles. The number of aromatic nitrogens is 1. The van der Waals surface area contributed by atoms with Crippen molar-refractivity contribution in [2.75, 3.05) is 13.6 Å². The number of hydrogen-bond donors (Lipinski definition) is 1. The highest BCUT2D eigenvalue weighted by molar-refractivity contribution is 6.30. The van der Waals surface area contributed by atoms with Crippen molar-refractivity contribution in [3.8, 4) is 0 Å². The molecule has 0 fully saturated rings. The molecule has 0 radical (unpaired) electrons. The van der Waals surface area contributed by atoms with E-state index in [-0.39, 0.29) is 0 Å². The zero-order valence-electron chi connectivity index (χ0n) is 13.0. The lowest BCUT2D eigenvalue weighted by Crippen LogP contribution is -2.21. The molecule has 21 heavy (non-hydrogen) atoms. The molecule has 1 heterocycles. The minimum Gasteiger partial charge on any atom is -0.319 e. The van der Waals surface area contributed by atoms with Crippen LogP contribution in [0.25, 0.3) is 0 Å². The van der Waals surface area contributed by atoms with Gasteiger partial charge in [-0.25, -0.2) is 0 Å². The summed E-state index contributed by atoms with van der Waals surface area (Å²) in [6, 6.07) is 10.4. The monoisotopic (exact) mass is 302 g/mol. The molecule has 2 aromatic rings. The van der Waals surface area contributed by atoms with Gasteiger partial charge in [0.2, 0.25) is 0 Å². The van der Waals surface area contributed by atoms with Gasteiger partial charge in [0.05, 0.1) is 0 Å². The fraction of sp³-hybridized carbons (Fsp3) is 0.389. The highest BCUT2D eigenvalue weighted by Gasteiger charge is 2.16. The topological polar surface area (TPSA) is 24.9 Å². The van der Waals surface area contributed by atoms with E-state index in [2.05, 4.69) is 36.3 Å².